The summed E-state index contributed by atoms with van der Waals surface area (Å²) >= 11 is 0. The summed E-state index contributed by atoms with van der Waals surface area (Å²) in [5.74, 6) is 0. The van der Waals surface area contributed by atoms with Crippen LogP contribution < -0.4 is 9.80 Å². The molecule has 0 atom stereocenters. The Morgan fingerprint density at radius 2 is 0.649 bits per heavy atom. The lowest BCUT2D eigenvalue weighted by Gasteiger charge is -2.29. The number of hydrogen-bond donors (Lipinski definition) is 0. The van der Waals surface area contributed by atoms with E-state index in [1.165, 1.54) is 115 Å². The van der Waals surface area contributed by atoms with Crippen LogP contribution in [-0.4, -0.2) is 8.80 Å². The van der Waals surface area contributed by atoms with Crippen molar-refractivity contribution in [3.8, 4) is 0 Å². The molecule has 4 heteroatoms. The molecule has 0 amide bonds. The fourth-order valence-corrected chi connectivity index (χ4v) is 12.4. The van der Waals surface area contributed by atoms with E-state index in [1.807, 2.05) is 0 Å². The Morgan fingerprint density at radius 3 is 1.09 bits per heavy atom. The maximum absolute atomic E-state index is 2.65. The minimum atomic E-state index is -0.113. The molecule has 4 heterocycles. The summed E-state index contributed by atoms with van der Waals surface area (Å²) in [6.07, 6.45) is 0. The molecular formula is C70H60N4. The molecule has 0 saturated heterocycles. The summed E-state index contributed by atoms with van der Waals surface area (Å²) in [6, 6.07) is 75.2. The van der Waals surface area contributed by atoms with E-state index in [9.17, 15) is 0 Å². The molecule has 0 radical (unpaired) electrons. The highest BCUT2D eigenvalue weighted by atomic mass is 15.2. The van der Waals surface area contributed by atoms with Gasteiger partial charge < -0.3 is 18.6 Å². The molecule has 0 N–H and O–H groups in total. The molecule has 4 aromatic heterocycles. The molecule has 10 aromatic carbocycles. The van der Waals surface area contributed by atoms with E-state index >= 15 is 0 Å². The summed E-state index contributed by atoms with van der Waals surface area (Å²) in [4.78, 5) is 4.98. The van der Waals surface area contributed by atoms with Gasteiger partial charge in [-0.05, 0) is 141 Å². The minimum Gasteiger partial charge on any atom is -0.308 e. The van der Waals surface area contributed by atoms with Gasteiger partial charge in [0, 0.05) is 71.2 Å². The zero-order chi connectivity index (χ0) is 50.6. The molecule has 0 aliphatic heterocycles. The second-order valence-electron chi connectivity index (χ2n) is 23.9. The zero-order valence-corrected chi connectivity index (χ0v) is 43.8. The van der Waals surface area contributed by atoms with Crippen molar-refractivity contribution in [3.63, 3.8) is 0 Å². The molecule has 0 aliphatic carbocycles. The van der Waals surface area contributed by atoms with E-state index in [4.69, 9.17) is 0 Å². The first-order chi connectivity index (χ1) is 35.6. The SMILES string of the molecule is CC(C)(C)c1cc(N(c2ccccc2)c2ccccc2)c2c(c1)c1cc(C(C)(C)C)cc3c4c5c6cc(C(C)(C)C)cc7c8cc9ccccc9c(N(c9ccccc9)c9ccccc9)c8n(c5ccc4n2c13)c76. The van der Waals surface area contributed by atoms with Gasteiger partial charge in [-0.1, -0.05) is 159 Å². The Kier molecular flexibility index (Phi) is 9.35. The summed E-state index contributed by atoms with van der Waals surface area (Å²) in [5.41, 5.74) is 17.9. The third kappa shape index (κ3) is 6.40. The van der Waals surface area contributed by atoms with Crippen LogP contribution in [0.5, 0.6) is 0 Å². The number of fused-ring (bicyclic) bond motifs is 14. The van der Waals surface area contributed by atoms with Gasteiger partial charge >= 0.3 is 0 Å². The fraction of sp³-hybridized carbons (Fsp3) is 0.171. The van der Waals surface area contributed by atoms with Crippen molar-refractivity contribution >= 4 is 121 Å². The topological polar surface area (TPSA) is 15.3 Å². The molecule has 360 valence electrons. The van der Waals surface area contributed by atoms with Crippen molar-refractivity contribution in [1.29, 1.82) is 0 Å². The molecule has 14 rings (SSSR count). The summed E-state index contributed by atoms with van der Waals surface area (Å²) in [7, 11) is 0. The Bertz CT molecular complexity index is 4430. The van der Waals surface area contributed by atoms with Gasteiger partial charge in [-0.2, -0.15) is 0 Å². The van der Waals surface area contributed by atoms with Crippen LogP contribution in [-0.2, 0) is 16.2 Å². The average molecular weight is 957 g/mol. The number of hydrogen-bond acceptors (Lipinski definition) is 2. The normalized spacial score (nSPS) is 12.9. The largest absolute Gasteiger partial charge is 0.308 e. The van der Waals surface area contributed by atoms with Gasteiger partial charge in [0.05, 0.1) is 44.5 Å². The number of nitrogens with zero attached hydrogens (tertiary/aromatic N) is 4. The van der Waals surface area contributed by atoms with Crippen LogP contribution in [0.1, 0.15) is 79.0 Å². The van der Waals surface area contributed by atoms with Crippen LogP contribution in [0.3, 0.4) is 0 Å². The molecular weight excluding hydrogens is 897 g/mol. The van der Waals surface area contributed by atoms with Gasteiger partial charge in [0.15, 0.2) is 0 Å². The highest BCUT2D eigenvalue weighted by molar-refractivity contribution is 6.37. The first-order valence-electron chi connectivity index (χ1n) is 26.4. The van der Waals surface area contributed by atoms with Gasteiger partial charge in [0.2, 0.25) is 0 Å². The van der Waals surface area contributed by atoms with Crippen molar-refractivity contribution in [1.82, 2.24) is 8.80 Å². The first-order valence-corrected chi connectivity index (χ1v) is 26.4. The molecule has 4 nitrogen and oxygen atoms in total. The number of para-hydroxylation sites is 4. The van der Waals surface area contributed by atoms with Crippen LogP contribution in [0.4, 0.5) is 34.1 Å². The molecule has 74 heavy (non-hydrogen) atoms. The molecule has 0 bridgehead atoms. The molecule has 0 fully saturated rings. The predicted octanol–water partition coefficient (Wildman–Crippen LogP) is 20.0. The van der Waals surface area contributed by atoms with Crippen LogP contribution >= 0.6 is 0 Å². The van der Waals surface area contributed by atoms with Gasteiger partial charge in [0.25, 0.3) is 0 Å². The summed E-state index contributed by atoms with van der Waals surface area (Å²) in [5, 5.41) is 12.8. The number of benzene rings is 10. The lowest BCUT2D eigenvalue weighted by atomic mass is 9.83. The van der Waals surface area contributed by atoms with Crippen molar-refractivity contribution < 1.29 is 0 Å². The number of anilines is 6. The van der Waals surface area contributed by atoms with Crippen LogP contribution in [0.25, 0.3) is 87.0 Å². The Hall–Kier alpha value is -8.34. The lowest BCUT2D eigenvalue weighted by molar-refractivity contribution is 0.591. The standard InChI is InChI=1S/C70H60N4/c1-68(2,3)44-37-53-52-36-43-24-22-23-33-51(43)66(72(49-29-18-12-19-30-49)50-31-20-13-21-32-50)67(52)74-59-35-34-58-61(62(59)57(41-44)64(53)74)56-40-45(69(4,5)6)38-54-55-39-46(70(7,8)9)42-60(65(55)73(58)63(54)56)71(47-25-14-10-15-26-47)48-27-16-11-17-28-48/h10-42H,1-9H3. The Balaban J connectivity index is 1.22. The number of aromatic nitrogens is 2. The molecule has 0 saturated carbocycles. The lowest BCUT2D eigenvalue weighted by Crippen LogP contribution is -2.15. The third-order valence-corrected chi connectivity index (χ3v) is 16.1. The van der Waals surface area contributed by atoms with E-state index in [0.29, 0.717) is 0 Å². The maximum atomic E-state index is 2.65. The van der Waals surface area contributed by atoms with Crippen LogP contribution in [0, 0.1) is 0 Å². The Morgan fingerprint density at radius 1 is 0.297 bits per heavy atom. The second-order valence-corrected chi connectivity index (χ2v) is 23.9. The molecule has 0 unspecified atom stereocenters. The van der Waals surface area contributed by atoms with Crippen molar-refractivity contribution in [2.24, 2.45) is 0 Å². The van der Waals surface area contributed by atoms with Gasteiger partial charge in [0.1, 0.15) is 0 Å². The summed E-state index contributed by atoms with van der Waals surface area (Å²) in [6.45, 7) is 21.3. The molecule has 14 aromatic rings. The Labute approximate surface area is 433 Å². The minimum absolute atomic E-state index is 0.107. The molecule has 0 spiro atoms. The number of rotatable bonds is 6. The predicted molar refractivity (Wildman–Crippen MR) is 319 cm³/mol. The van der Waals surface area contributed by atoms with Crippen molar-refractivity contribution in [3.05, 3.63) is 217 Å². The quantitative estimate of drug-likeness (QED) is 0.165. The maximum Gasteiger partial charge on any atom is 0.0789 e. The summed E-state index contributed by atoms with van der Waals surface area (Å²) < 4.78 is 5.29. The average Bonchev–Trinajstić information content (AvgIpc) is 4.13. The monoisotopic (exact) mass is 956 g/mol. The van der Waals surface area contributed by atoms with E-state index in [0.717, 1.165) is 22.7 Å². The van der Waals surface area contributed by atoms with E-state index < -0.39 is 0 Å². The highest BCUT2D eigenvalue weighted by Gasteiger charge is 2.32. The van der Waals surface area contributed by atoms with Gasteiger partial charge in [-0.3, -0.25) is 0 Å². The zero-order valence-electron chi connectivity index (χ0n) is 43.8. The van der Waals surface area contributed by atoms with Gasteiger partial charge in [-0.25, -0.2) is 0 Å². The smallest absolute Gasteiger partial charge is 0.0789 e. The molecule has 0 aliphatic rings. The van der Waals surface area contributed by atoms with E-state index in [2.05, 4.69) is 281 Å². The van der Waals surface area contributed by atoms with Crippen molar-refractivity contribution in [2.45, 2.75) is 78.6 Å². The second kappa shape index (κ2) is 15.6. The fourth-order valence-electron chi connectivity index (χ4n) is 12.4. The van der Waals surface area contributed by atoms with Crippen LogP contribution in [0.15, 0.2) is 200 Å². The van der Waals surface area contributed by atoms with E-state index in [-0.39, 0.29) is 16.2 Å². The third-order valence-electron chi connectivity index (χ3n) is 16.1. The first kappa shape index (κ1) is 44.4. The highest BCUT2D eigenvalue weighted by Crippen LogP contribution is 2.54. The van der Waals surface area contributed by atoms with Crippen molar-refractivity contribution in [2.75, 3.05) is 9.80 Å². The van der Waals surface area contributed by atoms with E-state index in [1.54, 1.807) is 0 Å². The van der Waals surface area contributed by atoms with Gasteiger partial charge in [-0.15, -0.1) is 0 Å². The van der Waals surface area contributed by atoms with Crippen LogP contribution in [0.2, 0.25) is 0 Å².